The van der Waals surface area contributed by atoms with Crippen molar-refractivity contribution in [1.29, 1.82) is 0 Å². The molecule has 4 aromatic heterocycles. The molecule has 99 heavy (non-hydrogen) atoms. The van der Waals surface area contributed by atoms with Crippen LogP contribution in [0, 0.1) is 49.4 Å². The average molecular weight is 1410 g/mol. The molecule has 4 N–H and O–H groups in total. The molecule has 0 bridgehead atoms. The number of allylic oxidation sites excluding steroid dienone is 2. The summed E-state index contributed by atoms with van der Waals surface area (Å²) in [5.74, 6) is -3.25. The Labute approximate surface area is 586 Å². The number of carbonyl (C=O) groups is 6. The molecule has 0 spiro atoms. The molecule has 5 saturated carbocycles. The van der Waals surface area contributed by atoms with Crippen molar-refractivity contribution in [2.75, 3.05) is 41.4 Å². The molecule has 2 aromatic carbocycles. The number of fused-ring (bicyclic) bond motifs is 6. The number of rotatable bonds is 14. The van der Waals surface area contributed by atoms with Gasteiger partial charge in [-0.25, -0.2) is 33.1 Å². The molecule has 0 radical (unpaired) electrons. The molecule has 25 heteroatoms. The number of carbonyl (C=O) groups excluding carboxylic acids is 5. The van der Waals surface area contributed by atoms with Gasteiger partial charge in [0.05, 0.1) is 65.1 Å². The van der Waals surface area contributed by atoms with E-state index in [0.29, 0.717) is 85.1 Å². The molecule has 528 valence electrons. The van der Waals surface area contributed by atoms with Gasteiger partial charge in [-0.1, -0.05) is 52.0 Å². The van der Waals surface area contributed by atoms with Crippen molar-refractivity contribution >= 4 is 90.0 Å². The number of amides is 5. The quantitative estimate of drug-likeness (QED) is 0.0737. The van der Waals surface area contributed by atoms with Gasteiger partial charge >= 0.3 is 5.97 Å². The van der Waals surface area contributed by atoms with Gasteiger partial charge in [0, 0.05) is 83.8 Å². The number of aliphatic carboxylic acids is 1. The fourth-order valence-corrected chi connectivity index (χ4v) is 17.7. The Bertz CT molecular complexity index is 4330. The lowest BCUT2D eigenvalue weighted by Gasteiger charge is -2.27. The van der Waals surface area contributed by atoms with E-state index in [4.69, 9.17) is 38.9 Å². The van der Waals surface area contributed by atoms with Gasteiger partial charge in [-0.05, 0) is 147 Å². The molecule has 0 saturated heterocycles. The monoisotopic (exact) mass is 1410 g/mol. The first kappa shape index (κ1) is 70.8. The van der Waals surface area contributed by atoms with Gasteiger partial charge in [0.15, 0.2) is 0 Å². The van der Waals surface area contributed by atoms with Crippen LogP contribution in [0.3, 0.4) is 0 Å². The van der Waals surface area contributed by atoms with E-state index < -0.39 is 85.4 Å². The minimum atomic E-state index is -3.93. The molecular formula is C74H91N9O13S3. The van der Waals surface area contributed by atoms with E-state index in [1.54, 1.807) is 45.0 Å². The summed E-state index contributed by atoms with van der Waals surface area (Å²) < 4.78 is 52.2. The molecule has 2 unspecified atom stereocenters. The lowest BCUT2D eigenvalue weighted by atomic mass is 9.93. The molecule has 10 atom stereocenters. The maximum Gasteiger partial charge on any atom is 0.330 e. The van der Waals surface area contributed by atoms with Crippen LogP contribution in [-0.2, 0) is 38.8 Å². The van der Waals surface area contributed by atoms with Gasteiger partial charge in [-0.15, -0.1) is 22.7 Å². The topological polar surface area (TPSA) is 288 Å². The number of hydrogen-bond acceptors (Lipinski definition) is 18. The van der Waals surface area contributed by atoms with Crippen LogP contribution in [0.5, 0.6) is 23.0 Å². The first-order valence-corrected chi connectivity index (χ1v) is 37.9. The number of sulfonamides is 1. The normalized spacial score (nSPS) is 27.6. The molecular weight excluding hydrogens is 1320 g/mol. The number of pyridine rings is 2. The summed E-state index contributed by atoms with van der Waals surface area (Å²) in [6.07, 6.45) is 14.5. The first-order chi connectivity index (χ1) is 47.2. The number of methoxy groups -OCH3 is 2. The summed E-state index contributed by atoms with van der Waals surface area (Å²) in [5, 5.41) is 23.1. The van der Waals surface area contributed by atoms with Crippen LogP contribution < -0.4 is 34.3 Å². The second kappa shape index (κ2) is 28.2. The zero-order chi connectivity index (χ0) is 70.6. The third-order valence-corrected chi connectivity index (χ3v) is 25.3. The highest BCUT2D eigenvalue weighted by atomic mass is 32.2. The SMILES string of the molecule is COc1ccc2c(OC3C[C@H]4C(=O)N[C@]5(C(=O)NS(=O)(=O)C6(C)CC6)C[C@H]5/C=C\CCCCN(C)C(=O)[C@@H]4C3)cc(-c3nc(C(C)C)cs3)nc2c1C.COc1ccc2c(OC3C[C@H]4C(=O)N[C@]5(C(=O)O)C[C@H]5/C=C\CCCCN(C)C(=O)[C@@H]4C3)cc(-c3nc(C(C)C)cs3)nc2c1C. The highest BCUT2D eigenvalue weighted by Crippen LogP contribution is 2.51. The molecule has 7 aliphatic rings. The van der Waals surface area contributed by atoms with Crippen molar-refractivity contribution in [1.82, 2.24) is 45.1 Å². The molecule has 22 nitrogen and oxygen atoms in total. The lowest BCUT2D eigenvalue weighted by Crippen LogP contribution is -2.55. The van der Waals surface area contributed by atoms with Crippen molar-refractivity contribution < 1.29 is 61.2 Å². The van der Waals surface area contributed by atoms with E-state index >= 15 is 0 Å². The molecule has 5 amide bonds. The summed E-state index contributed by atoms with van der Waals surface area (Å²) in [6.45, 7) is 15.1. The Morgan fingerprint density at radius 2 is 1.05 bits per heavy atom. The number of nitrogens with one attached hydrogen (secondary N) is 3. The number of nitrogens with zero attached hydrogens (tertiary/aromatic N) is 6. The van der Waals surface area contributed by atoms with E-state index in [1.165, 1.54) is 22.7 Å². The van der Waals surface area contributed by atoms with E-state index in [1.807, 2.05) is 85.3 Å². The predicted octanol–water partition coefficient (Wildman–Crippen LogP) is 11.4. The predicted molar refractivity (Wildman–Crippen MR) is 379 cm³/mol. The first-order valence-electron chi connectivity index (χ1n) is 34.7. The molecule has 5 fully saturated rings. The van der Waals surface area contributed by atoms with Gasteiger partial charge in [-0.3, -0.25) is 28.7 Å². The van der Waals surface area contributed by atoms with E-state index in [2.05, 4.69) is 43.1 Å². The second-order valence-corrected chi connectivity index (χ2v) is 32.9. The Morgan fingerprint density at radius 1 is 0.626 bits per heavy atom. The highest BCUT2D eigenvalue weighted by molar-refractivity contribution is 7.91. The Balaban J connectivity index is 0.000000190. The Hall–Kier alpha value is -8.03. The summed E-state index contributed by atoms with van der Waals surface area (Å²) in [6, 6.07) is 11.4. The van der Waals surface area contributed by atoms with Crippen LogP contribution in [-0.4, -0.2) is 148 Å². The van der Waals surface area contributed by atoms with Crippen LogP contribution in [0.2, 0.25) is 0 Å². The van der Waals surface area contributed by atoms with Crippen LogP contribution in [0.25, 0.3) is 43.2 Å². The number of benzene rings is 2. The van der Waals surface area contributed by atoms with Crippen LogP contribution in [0.1, 0.15) is 159 Å². The maximum atomic E-state index is 14.3. The van der Waals surface area contributed by atoms with Gasteiger partial charge in [0.1, 0.15) is 67.7 Å². The van der Waals surface area contributed by atoms with E-state index in [9.17, 15) is 42.3 Å². The molecule has 6 aromatic rings. The van der Waals surface area contributed by atoms with Crippen molar-refractivity contribution in [3.63, 3.8) is 0 Å². The van der Waals surface area contributed by atoms with Gasteiger partial charge in [0.25, 0.3) is 5.91 Å². The summed E-state index contributed by atoms with van der Waals surface area (Å²) in [4.78, 5) is 105. The lowest BCUT2D eigenvalue weighted by molar-refractivity contribution is -0.145. The van der Waals surface area contributed by atoms with Crippen LogP contribution in [0.15, 0.2) is 71.5 Å². The Morgan fingerprint density at radius 3 is 1.46 bits per heavy atom. The molecule has 13 rings (SSSR count). The van der Waals surface area contributed by atoms with E-state index in [-0.39, 0.29) is 54.7 Å². The van der Waals surface area contributed by atoms with E-state index in [0.717, 1.165) is 87.3 Å². The minimum absolute atomic E-state index is 0.111. The number of ether oxygens (including phenoxy) is 4. The zero-order valence-electron chi connectivity index (χ0n) is 58.3. The minimum Gasteiger partial charge on any atom is -0.496 e. The number of aromatic nitrogens is 4. The fraction of sp³-hybridized carbons (Fsp3) is 0.541. The number of carboxylic acids is 1. The van der Waals surface area contributed by atoms with Crippen molar-refractivity contribution in [3.05, 3.63) is 94.0 Å². The Kier molecular flexibility index (Phi) is 20.2. The maximum absolute atomic E-state index is 14.3. The van der Waals surface area contributed by atoms with Crippen molar-refractivity contribution in [2.24, 2.45) is 35.5 Å². The molecule has 2 aliphatic heterocycles. The van der Waals surface area contributed by atoms with Crippen molar-refractivity contribution in [3.8, 4) is 44.4 Å². The smallest absolute Gasteiger partial charge is 0.330 e. The fourth-order valence-electron chi connectivity index (χ4n) is 14.5. The summed E-state index contributed by atoms with van der Waals surface area (Å²) in [5.41, 5.74) is 3.71. The summed E-state index contributed by atoms with van der Waals surface area (Å²) in [7, 11) is 2.86. The third-order valence-electron chi connectivity index (χ3n) is 21.4. The second-order valence-electron chi connectivity index (χ2n) is 29.0. The number of hydrogen-bond donors (Lipinski definition) is 4. The zero-order valence-corrected chi connectivity index (χ0v) is 60.7. The van der Waals surface area contributed by atoms with Gasteiger partial charge in [-0.2, -0.15) is 0 Å². The van der Waals surface area contributed by atoms with Crippen LogP contribution >= 0.6 is 22.7 Å². The third kappa shape index (κ3) is 14.3. The molecule has 5 aliphatic carbocycles. The standard InChI is InChI=1S/C39H49N5O7S2.C35H42N4O6S/c1-22(2)30-21-52-35(41-30)29-19-32(26-12-13-31(50-6)23(3)33(26)40-29)51-25-17-27-28(18-25)36(46)44(5)16-10-8-7-9-11-24-20-39(24,42-34(27)45)37(47)43-53(48,49)38(4)14-15-38;1-19(2)27-18-46-32(37-27)26-16-29(23-11-12-28(44-5)20(3)30(23)36-26)45-22-14-24-25(15-22)33(41)39(4)13-9-7-6-8-10-21-17-35(21,34(42)43)38-31(24)40/h9,11-13,19,21-22,24-25,27-28H,7-8,10,14-18,20H2,1-6H3,(H,42,45)(H,43,47);8,10-12,16,18-19,21-22,24-25H,6-7,9,13-15,17H2,1-5H3,(H,38,40)(H,42,43)/b11-9-;10-8-/t24-,25?,27-,28-,39-;21-,22?,24-,25-,35-/m11/s1. The van der Waals surface area contributed by atoms with Gasteiger partial charge in [0.2, 0.25) is 33.7 Å². The number of carboxylic acid groups (broad SMARTS) is 1. The van der Waals surface area contributed by atoms with Crippen molar-refractivity contribution in [2.45, 2.75) is 178 Å². The summed E-state index contributed by atoms with van der Waals surface area (Å²) >= 11 is 3.04. The largest absolute Gasteiger partial charge is 0.496 e. The number of thiazole rings is 2. The number of aryl methyl sites for hydroxylation is 2. The molecule has 6 heterocycles. The average Bonchev–Trinajstić information content (AvgIpc) is 1.58. The van der Waals surface area contributed by atoms with Crippen LogP contribution in [0.4, 0.5) is 0 Å². The highest BCUT2D eigenvalue weighted by Gasteiger charge is 2.64. The van der Waals surface area contributed by atoms with Gasteiger partial charge < -0.3 is 44.5 Å².